The largest absolute Gasteiger partial charge is 0.368 e. The number of halogens is 1. The zero-order chi connectivity index (χ0) is 12.4. The lowest BCUT2D eigenvalue weighted by Gasteiger charge is -2.28. The predicted octanol–water partition coefficient (Wildman–Crippen LogP) is 2.97. The number of carbonyl (C=O) groups excluding carboxylic acids is 1. The summed E-state index contributed by atoms with van der Waals surface area (Å²) in [5.41, 5.74) is 0.928. The van der Waals surface area contributed by atoms with Crippen molar-refractivity contribution in [1.29, 1.82) is 0 Å². The summed E-state index contributed by atoms with van der Waals surface area (Å²) in [4.78, 5) is 13.5. The molecule has 0 amide bonds. The minimum absolute atomic E-state index is 0.0861. The van der Waals surface area contributed by atoms with Crippen LogP contribution in [0.2, 0.25) is 0 Å². The summed E-state index contributed by atoms with van der Waals surface area (Å²) in [5.74, 6) is 1.72. The van der Waals surface area contributed by atoms with Crippen LogP contribution in [0.25, 0.3) is 0 Å². The third kappa shape index (κ3) is 2.46. The molecule has 92 valence electrons. The summed E-state index contributed by atoms with van der Waals surface area (Å²) in [7, 11) is 1.88. The van der Waals surface area contributed by atoms with Gasteiger partial charge in [0.25, 0.3) is 0 Å². The van der Waals surface area contributed by atoms with Gasteiger partial charge in [0.2, 0.25) is 0 Å². The van der Waals surface area contributed by atoms with Crippen molar-refractivity contribution < 1.29 is 9.18 Å². The van der Waals surface area contributed by atoms with Gasteiger partial charge in [0, 0.05) is 24.4 Å². The Balaban J connectivity index is 2.38. The molecule has 2 rings (SSSR count). The molecule has 0 spiro atoms. The Hall–Kier alpha value is -1.03. The molecular formula is C13H16FNOS. The number of hydrogen-bond acceptors (Lipinski definition) is 3. The molecule has 4 heteroatoms. The molecule has 2 nitrogen and oxygen atoms in total. The van der Waals surface area contributed by atoms with Crippen LogP contribution >= 0.6 is 11.8 Å². The van der Waals surface area contributed by atoms with Crippen LogP contribution in [0.1, 0.15) is 23.7 Å². The molecule has 0 N–H and O–H groups in total. The Morgan fingerprint density at radius 2 is 2.29 bits per heavy atom. The molecule has 17 heavy (non-hydrogen) atoms. The molecule has 1 atom stereocenters. The normalized spacial score (nSPS) is 19.4. The first-order valence-corrected chi connectivity index (χ1v) is 6.86. The van der Waals surface area contributed by atoms with Gasteiger partial charge in [-0.2, -0.15) is 11.8 Å². The van der Waals surface area contributed by atoms with Crippen LogP contribution in [0.3, 0.4) is 0 Å². The van der Waals surface area contributed by atoms with Crippen LogP contribution in [-0.4, -0.2) is 30.4 Å². The van der Waals surface area contributed by atoms with Gasteiger partial charge in [-0.25, -0.2) is 4.39 Å². The van der Waals surface area contributed by atoms with E-state index in [2.05, 4.69) is 0 Å². The zero-order valence-corrected chi connectivity index (χ0v) is 10.9. The van der Waals surface area contributed by atoms with Crippen LogP contribution in [0, 0.1) is 5.82 Å². The predicted molar refractivity (Wildman–Crippen MR) is 70.5 cm³/mol. The van der Waals surface area contributed by atoms with E-state index in [-0.39, 0.29) is 11.6 Å². The maximum absolute atomic E-state index is 13.9. The number of thioether (sulfide) groups is 1. The summed E-state index contributed by atoms with van der Waals surface area (Å²) >= 11 is 1.88. The average Bonchev–Trinajstić information content (AvgIpc) is 2.81. The molecule has 0 bridgehead atoms. The van der Waals surface area contributed by atoms with Crippen molar-refractivity contribution in [2.75, 3.05) is 23.5 Å². The number of nitrogens with zero attached hydrogens (tertiary/aromatic N) is 1. The summed E-state index contributed by atoms with van der Waals surface area (Å²) in [6.07, 6.45) is 1.05. The van der Waals surface area contributed by atoms with E-state index >= 15 is 0 Å². The maximum Gasteiger partial charge on any atom is 0.161 e. The van der Waals surface area contributed by atoms with Gasteiger partial charge >= 0.3 is 0 Å². The second-order valence-electron chi connectivity index (χ2n) is 4.32. The Morgan fingerprint density at radius 1 is 1.53 bits per heavy atom. The zero-order valence-electron chi connectivity index (χ0n) is 10.1. The number of anilines is 1. The van der Waals surface area contributed by atoms with E-state index in [9.17, 15) is 9.18 Å². The Morgan fingerprint density at radius 3 is 2.88 bits per heavy atom. The number of ketones is 1. The van der Waals surface area contributed by atoms with Crippen LogP contribution in [0.15, 0.2) is 18.2 Å². The highest BCUT2D eigenvalue weighted by Gasteiger charge is 2.25. The number of benzene rings is 1. The van der Waals surface area contributed by atoms with Crippen LogP contribution in [0.5, 0.6) is 0 Å². The van der Waals surface area contributed by atoms with E-state index in [4.69, 9.17) is 0 Å². The highest BCUT2D eigenvalue weighted by atomic mass is 32.2. The summed E-state index contributed by atoms with van der Waals surface area (Å²) in [5, 5.41) is 0. The van der Waals surface area contributed by atoms with Gasteiger partial charge in [-0.05, 0) is 31.2 Å². The monoisotopic (exact) mass is 253 g/mol. The molecule has 0 radical (unpaired) electrons. The third-order valence-corrected chi connectivity index (χ3v) is 4.32. The second kappa shape index (κ2) is 5.08. The summed E-state index contributed by atoms with van der Waals surface area (Å²) < 4.78 is 13.9. The lowest BCUT2D eigenvalue weighted by atomic mass is 10.1. The van der Waals surface area contributed by atoms with Crippen molar-refractivity contribution >= 4 is 23.2 Å². The van der Waals surface area contributed by atoms with E-state index in [1.807, 2.05) is 23.7 Å². The smallest absolute Gasteiger partial charge is 0.161 e. The molecule has 1 unspecified atom stereocenters. The molecule has 1 aliphatic rings. The average molecular weight is 253 g/mol. The van der Waals surface area contributed by atoms with E-state index in [1.54, 1.807) is 12.1 Å². The van der Waals surface area contributed by atoms with Gasteiger partial charge in [-0.1, -0.05) is 6.07 Å². The summed E-state index contributed by atoms with van der Waals surface area (Å²) in [6.45, 7) is 1.48. The minimum Gasteiger partial charge on any atom is -0.368 e. The van der Waals surface area contributed by atoms with Crippen LogP contribution in [0.4, 0.5) is 10.1 Å². The van der Waals surface area contributed by atoms with Crippen LogP contribution < -0.4 is 4.90 Å². The van der Waals surface area contributed by atoms with Crippen molar-refractivity contribution in [3.63, 3.8) is 0 Å². The number of Topliss-reactive ketones (excluding diaryl/α,β-unsaturated/α-hetero) is 1. The molecule has 1 fully saturated rings. The fraction of sp³-hybridized carbons (Fsp3) is 0.462. The minimum atomic E-state index is -0.308. The van der Waals surface area contributed by atoms with Crippen molar-refractivity contribution in [3.05, 3.63) is 29.6 Å². The Labute approximate surface area is 105 Å². The highest BCUT2D eigenvalue weighted by molar-refractivity contribution is 7.99. The van der Waals surface area contributed by atoms with E-state index in [0.717, 1.165) is 17.9 Å². The lowest BCUT2D eigenvalue weighted by Crippen LogP contribution is -2.33. The van der Waals surface area contributed by atoms with Crippen molar-refractivity contribution in [1.82, 2.24) is 0 Å². The fourth-order valence-electron chi connectivity index (χ4n) is 2.17. The molecule has 1 heterocycles. The first-order chi connectivity index (χ1) is 8.11. The molecule has 0 aromatic heterocycles. The number of para-hydroxylation sites is 1. The van der Waals surface area contributed by atoms with Crippen molar-refractivity contribution in [3.8, 4) is 0 Å². The molecule has 1 aromatic carbocycles. The van der Waals surface area contributed by atoms with Gasteiger partial charge in [0.05, 0.1) is 5.69 Å². The molecule has 1 saturated heterocycles. The number of rotatable bonds is 3. The van der Waals surface area contributed by atoms with Gasteiger partial charge in [0.1, 0.15) is 5.82 Å². The van der Waals surface area contributed by atoms with E-state index in [0.29, 0.717) is 17.3 Å². The van der Waals surface area contributed by atoms with Crippen molar-refractivity contribution in [2.24, 2.45) is 0 Å². The Kier molecular flexibility index (Phi) is 3.72. The fourth-order valence-corrected chi connectivity index (χ4v) is 3.44. The number of carbonyl (C=O) groups is 1. The van der Waals surface area contributed by atoms with E-state index < -0.39 is 0 Å². The SMILES string of the molecule is CC(=O)c1cccc(F)c1N(C)C1CCSC1. The van der Waals surface area contributed by atoms with Gasteiger partial charge < -0.3 is 4.90 Å². The highest BCUT2D eigenvalue weighted by Crippen LogP contribution is 2.30. The first-order valence-electron chi connectivity index (χ1n) is 5.71. The topological polar surface area (TPSA) is 20.3 Å². The third-order valence-electron chi connectivity index (χ3n) is 3.17. The second-order valence-corrected chi connectivity index (χ2v) is 5.47. The molecule has 1 aliphatic heterocycles. The van der Waals surface area contributed by atoms with Crippen LogP contribution in [-0.2, 0) is 0 Å². The van der Waals surface area contributed by atoms with Gasteiger partial charge in [-0.15, -0.1) is 0 Å². The van der Waals surface area contributed by atoms with E-state index in [1.165, 1.54) is 13.0 Å². The number of hydrogen-bond donors (Lipinski definition) is 0. The lowest BCUT2D eigenvalue weighted by molar-refractivity contribution is 0.101. The van der Waals surface area contributed by atoms with Gasteiger partial charge in [0.15, 0.2) is 5.78 Å². The molecule has 0 saturated carbocycles. The Bertz CT molecular complexity index is 429. The molecule has 1 aromatic rings. The first kappa shape index (κ1) is 12.4. The quantitative estimate of drug-likeness (QED) is 0.772. The molecular weight excluding hydrogens is 237 g/mol. The maximum atomic E-state index is 13.9. The standard InChI is InChI=1S/C13H16FNOS/c1-9(16)11-4-3-5-12(14)13(11)15(2)10-6-7-17-8-10/h3-5,10H,6-8H2,1-2H3. The van der Waals surface area contributed by atoms with Crippen molar-refractivity contribution in [2.45, 2.75) is 19.4 Å². The van der Waals surface area contributed by atoms with Gasteiger partial charge in [-0.3, -0.25) is 4.79 Å². The molecule has 0 aliphatic carbocycles. The summed E-state index contributed by atoms with van der Waals surface area (Å²) in [6, 6.07) is 5.03.